The van der Waals surface area contributed by atoms with Crippen LogP contribution in [0.3, 0.4) is 0 Å². The van der Waals surface area contributed by atoms with Crippen LogP contribution in [0, 0.1) is 19.8 Å². The molecule has 2 rings (SSSR count). The third kappa shape index (κ3) is 1.69. The van der Waals surface area contributed by atoms with Crippen molar-refractivity contribution in [3.8, 4) is 0 Å². The Morgan fingerprint density at radius 2 is 2.21 bits per heavy atom. The number of nitrogens with zero attached hydrogens (tertiary/aromatic N) is 1. The van der Waals surface area contributed by atoms with Gasteiger partial charge in [-0.05, 0) is 49.8 Å². The van der Waals surface area contributed by atoms with Gasteiger partial charge in [-0.1, -0.05) is 0 Å². The van der Waals surface area contributed by atoms with Crippen molar-refractivity contribution in [3.63, 3.8) is 0 Å². The molecule has 0 amide bonds. The molecule has 1 atom stereocenters. The van der Waals surface area contributed by atoms with E-state index >= 15 is 0 Å². The molecule has 1 unspecified atom stereocenters. The summed E-state index contributed by atoms with van der Waals surface area (Å²) in [5.41, 5.74) is 3.33. The van der Waals surface area contributed by atoms with Crippen molar-refractivity contribution >= 4 is 6.29 Å². The van der Waals surface area contributed by atoms with Gasteiger partial charge in [0.05, 0.1) is 0 Å². The van der Waals surface area contributed by atoms with E-state index in [4.69, 9.17) is 0 Å². The van der Waals surface area contributed by atoms with E-state index in [0.29, 0.717) is 5.92 Å². The summed E-state index contributed by atoms with van der Waals surface area (Å²) in [7, 11) is 0. The van der Waals surface area contributed by atoms with Crippen LogP contribution in [0.4, 0.5) is 0 Å². The SMILES string of the molecule is Cc1cc(C)c(C(C=O)C2CC2)cn1. The lowest BCUT2D eigenvalue weighted by molar-refractivity contribution is -0.109. The van der Waals surface area contributed by atoms with Gasteiger partial charge in [0.1, 0.15) is 6.29 Å². The monoisotopic (exact) mass is 189 g/mol. The molecule has 1 aromatic rings. The Morgan fingerprint density at radius 3 is 2.71 bits per heavy atom. The van der Waals surface area contributed by atoms with E-state index in [1.54, 1.807) is 0 Å². The van der Waals surface area contributed by atoms with Gasteiger partial charge < -0.3 is 4.79 Å². The average molecular weight is 189 g/mol. The molecule has 1 aliphatic carbocycles. The highest BCUT2D eigenvalue weighted by Crippen LogP contribution is 2.42. The Morgan fingerprint density at radius 1 is 1.50 bits per heavy atom. The molecule has 2 nitrogen and oxygen atoms in total. The number of aldehydes is 1. The van der Waals surface area contributed by atoms with Crippen LogP contribution < -0.4 is 0 Å². The molecule has 0 spiro atoms. The average Bonchev–Trinajstić information content (AvgIpc) is 2.93. The second kappa shape index (κ2) is 3.52. The van der Waals surface area contributed by atoms with Crippen LogP contribution in [0.25, 0.3) is 0 Å². The van der Waals surface area contributed by atoms with Crippen molar-refractivity contribution in [2.24, 2.45) is 5.92 Å². The van der Waals surface area contributed by atoms with E-state index in [0.717, 1.165) is 17.5 Å². The molecule has 74 valence electrons. The van der Waals surface area contributed by atoms with Crippen molar-refractivity contribution < 1.29 is 4.79 Å². The molecule has 1 fully saturated rings. The molecule has 0 aromatic carbocycles. The predicted molar refractivity (Wildman–Crippen MR) is 55.2 cm³/mol. The minimum atomic E-state index is 0.0862. The van der Waals surface area contributed by atoms with Gasteiger partial charge in [0.25, 0.3) is 0 Å². The summed E-state index contributed by atoms with van der Waals surface area (Å²) in [4.78, 5) is 15.3. The standard InChI is InChI=1S/C12H15NO/c1-8-5-9(2)13-6-11(8)12(7-14)10-3-4-10/h5-7,10,12H,3-4H2,1-2H3. The van der Waals surface area contributed by atoms with E-state index in [1.807, 2.05) is 19.2 Å². The van der Waals surface area contributed by atoms with Crippen LogP contribution in [0.15, 0.2) is 12.3 Å². The van der Waals surface area contributed by atoms with Gasteiger partial charge in [0.15, 0.2) is 0 Å². The van der Waals surface area contributed by atoms with Gasteiger partial charge in [-0.15, -0.1) is 0 Å². The van der Waals surface area contributed by atoms with Gasteiger partial charge in [-0.2, -0.15) is 0 Å². The first kappa shape index (κ1) is 9.38. The zero-order valence-electron chi connectivity index (χ0n) is 8.66. The summed E-state index contributed by atoms with van der Waals surface area (Å²) in [5, 5.41) is 0. The first-order valence-electron chi connectivity index (χ1n) is 5.11. The normalized spacial score (nSPS) is 17.9. The minimum absolute atomic E-state index is 0.0862. The summed E-state index contributed by atoms with van der Waals surface area (Å²) in [6.45, 7) is 4.03. The number of carbonyl (C=O) groups is 1. The number of hydrogen-bond donors (Lipinski definition) is 0. The van der Waals surface area contributed by atoms with Crippen LogP contribution >= 0.6 is 0 Å². The summed E-state index contributed by atoms with van der Waals surface area (Å²) >= 11 is 0. The maximum absolute atomic E-state index is 11.0. The lowest BCUT2D eigenvalue weighted by Crippen LogP contribution is -2.05. The fourth-order valence-corrected chi connectivity index (χ4v) is 1.95. The van der Waals surface area contributed by atoms with Crippen LogP contribution in [0.2, 0.25) is 0 Å². The molecule has 14 heavy (non-hydrogen) atoms. The molecule has 1 saturated carbocycles. The number of rotatable bonds is 3. The smallest absolute Gasteiger partial charge is 0.127 e. The maximum atomic E-state index is 11.0. The molecular weight excluding hydrogens is 174 g/mol. The third-order valence-electron chi connectivity index (χ3n) is 2.92. The predicted octanol–water partition coefficient (Wildman–Crippen LogP) is 2.39. The maximum Gasteiger partial charge on any atom is 0.127 e. The molecule has 0 aliphatic heterocycles. The molecule has 2 heteroatoms. The van der Waals surface area contributed by atoms with Crippen LogP contribution in [0.1, 0.15) is 35.6 Å². The molecule has 0 bridgehead atoms. The third-order valence-corrected chi connectivity index (χ3v) is 2.92. The van der Waals surface area contributed by atoms with Crippen LogP contribution in [-0.4, -0.2) is 11.3 Å². The molecule has 1 aromatic heterocycles. The van der Waals surface area contributed by atoms with Crippen LogP contribution in [0.5, 0.6) is 0 Å². The van der Waals surface area contributed by atoms with E-state index in [-0.39, 0.29) is 5.92 Å². The number of aryl methyl sites for hydroxylation is 2. The fraction of sp³-hybridized carbons (Fsp3) is 0.500. The number of pyridine rings is 1. The summed E-state index contributed by atoms with van der Waals surface area (Å²) in [5.74, 6) is 0.666. The van der Waals surface area contributed by atoms with Crippen LogP contribution in [-0.2, 0) is 4.79 Å². The topological polar surface area (TPSA) is 30.0 Å². The quantitative estimate of drug-likeness (QED) is 0.683. The van der Waals surface area contributed by atoms with Crippen molar-refractivity contribution in [3.05, 3.63) is 29.1 Å². The molecule has 1 aliphatic rings. The van der Waals surface area contributed by atoms with Gasteiger partial charge in [-0.3, -0.25) is 4.98 Å². The highest BCUT2D eigenvalue weighted by Gasteiger charge is 2.32. The lowest BCUT2D eigenvalue weighted by Gasteiger charge is -2.12. The van der Waals surface area contributed by atoms with E-state index in [9.17, 15) is 4.79 Å². The number of carbonyl (C=O) groups excluding carboxylic acids is 1. The Bertz CT molecular complexity index is 355. The lowest BCUT2D eigenvalue weighted by atomic mass is 9.93. The summed E-state index contributed by atoms with van der Waals surface area (Å²) in [6, 6.07) is 2.05. The van der Waals surface area contributed by atoms with Gasteiger partial charge >= 0.3 is 0 Å². The zero-order valence-corrected chi connectivity index (χ0v) is 8.66. The van der Waals surface area contributed by atoms with Crippen molar-refractivity contribution in [2.75, 3.05) is 0 Å². The molecule has 1 heterocycles. The first-order chi connectivity index (χ1) is 6.72. The summed E-state index contributed by atoms with van der Waals surface area (Å²) in [6.07, 6.45) is 5.33. The van der Waals surface area contributed by atoms with Crippen molar-refractivity contribution in [2.45, 2.75) is 32.6 Å². The zero-order chi connectivity index (χ0) is 10.1. The van der Waals surface area contributed by atoms with E-state index in [2.05, 4.69) is 11.9 Å². The first-order valence-corrected chi connectivity index (χ1v) is 5.11. The van der Waals surface area contributed by atoms with E-state index in [1.165, 1.54) is 18.4 Å². The number of aromatic nitrogens is 1. The van der Waals surface area contributed by atoms with E-state index < -0.39 is 0 Å². The highest BCUT2D eigenvalue weighted by atomic mass is 16.1. The van der Waals surface area contributed by atoms with Gasteiger partial charge in [0.2, 0.25) is 0 Å². The second-order valence-electron chi connectivity index (χ2n) is 4.18. The molecule has 0 saturated heterocycles. The van der Waals surface area contributed by atoms with Gasteiger partial charge in [0, 0.05) is 17.8 Å². The Hall–Kier alpha value is -1.18. The number of hydrogen-bond acceptors (Lipinski definition) is 2. The minimum Gasteiger partial charge on any atom is -0.303 e. The fourth-order valence-electron chi connectivity index (χ4n) is 1.95. The molecular formula is C12H15NO. The molecule has 0 radical (unpaired) electrons. The summed E-state index contributed by atoms with van der Waals surface area (Å²) < 4.78 is 0. The molecule has 0 N–H and O–H groups in total. The Balaban J connectivity index is 2.33. The Labute approximate surface area is 84.4 Å². The largest absolute Gasteiger partial charge is 0.303 e. The van der Waals surface area contributed by atoms with Crippen molar-refractivity contribution in [1.82, 2.24) is 4.98 Å². The second-order valence-corrected chi connectivity index (χ2v) is 4.18. The van der Waals surface area contributed by atoms with Gasteiger partial charge in [-0.25, -0.2) is 0 Å². The van der Waals surface area contributed by atoms with Crippen molar-refractivity contribution in [1.29, 1.82) is 0 Å². The Kier molecular flexibility index (Phi) is 2.36. The highest BCUT2D eigenvalue weighted by molar-refractivity contribution is 5.64.